The quantitative estimate of drug-likeness (QED) is 0.730. The molecule has 1 aromatic carbocycles. The van der Waals surface area contributed by atoms with Crippen molar-refractivity contribution in [3.05, 3.63) is 41.1 Å². The average Bonchev–Trinajstić information content (AvgIpc) is 2.07. The van der Waals surface area contributed by atoms with Crippen LogP contribution in [0.15, 0.2) is 30.5 Å². The van der Waals surface area contributed by atoms with E-state index in [-0.39, 0.29) is 5.76 Å². The molecule has 0 saturated carbocycles. The molecule has 0 radical (unpaired) electrons. The van der Waals surface area contributed by atoms with E-state index in [4.69, 9.17) is 16.7 Å². The zero-order valence-electron chi connectivity index (χ0n) is 7.47. The third-order valence-corrected chi connectivity index (χ3v) is 2.16. The molecule has 2 nitrogen and oxygen atoms in total. The Morgan fingerprint density at radius 2 is 2.31 bits per heavy atom. The largest absolute Gasteiger partial charge is 0.511 e. The average molecular weight is 198 g/mol. The molecule has 0 bridgehead atoms. The van der Waals surface area contributed by atoms with Gasteiger partial charge in [-0.1, -0.05) is 24.2 Å². The lowest BCUT2D eigenvalue weighted by atomic mass is 10.2. The van der Waals surface area contributed by atoms with Crippen LogP contribution in [0.5, 0.6) is 0 Å². The number of halogens is 1. The predicted octanol–water partition coefficient (Wildman–Crippen LogP) is 3.13. The van der Waals surface area contributed by atoms with Gasteiger partial charge in [-0.2, -0.15) is 0 Å². The Hall–Kier alpha value is -1.15. The van der Waals surface area contributed by atoms with Gasteiger partial charge in [0, 0.05) is 10.7 Å². The summed E-state index contributed by atoms with van der Waals surface area (Å²) in [5, 5.41) is 12.6. The molecule has 0 saturated heterocycles. The molecule has 0 atom stereocenters. The summed E-state index contributed by atoms with van der Waals surface area (Å²) in [5.74, 6) is 0.111. The Morgan fingerprint density at radius 3 is 2.92 bits per heavy atom. The third-order valence-electron chi connectivity index (χ3n) is 1.75. The van der Waals surface area contributed by atoms with E-state index in [0.717, 1.165) is 11.3 Å². The van der Waals surface area contributed by atoms with Crippen LogP contribution in [0.2, 0.25) is 5.02 Å². The SMILES string of the molecule is C=C(O)CNc1cccc(Cl)c1C. The lowest BCUT2D eigenvalue weighted by molar-refractivity contribution is 0.410. The van der Waals surface area contributed by atoms with Gasteiger partial charge in [0.25, 0.3) is 0 Å². The molecule has 2 N–H and O–H groups in total. The summed E-state index contributed by atoms with van der Waals surface area (Å²) in [6.45, 7) is 5.65. The van der Waals surface area contributed by atoms with E-state index in [1.807, 2.05) is 25.1 Å². The maximum atomic E-state index is 8.88. The first kappa shape index (κ1) is 9.93. The maximum Gasteiger partial charge on any atom is 0.104 e. The number of anilines is 1. The highest BCUT2D eigenvalue weighted by Crippen LogP contribution is 2.22. The number of benzene rings is 1. The molecule has 0 heterocycles. The van der Waals surface area contributed by atoms with Crippen LogP contribution in [0, 0.1) is 6.92 Å². The summed E-state index contributed by atoms with van der Waals surface area (Å²) in [4.78, 5) is 0. The van der Waals surface area contributed by atoms with Gasteiger partial charge in [0.15, 0.2) is 0 Å². The molecule has 70 valence electrons. The van der Waals surface area contributed by atoms with E-state index >= 15 is 0 Å². The van der Waals surface area contributed by atoms with Crippen molar-refractivity contribution in [2.75, 3.05) is 11.9 Å². The van der Waals surface area contributed by atoms with E-state index < -0.39 is 0 Å². The van der Waals surface area contributed by atoms with Crippen molar-refractivity contribution in [3.63, 3.8) is 0 Å². The fourth-order valence-electron chi connectivity index (χ4n) is 0.996. The van der Waals surface area contributed by atoms with Gasteiger partial charge in [0.2, 0.25) is 0 Å². The van der Waals surface area contributed by atoms with Gasteiger partial charge < -0.3 is 10.4 Å². The molecule has 0 aromatic heterocycles. The highest BCUT2D eigenvalue weighted by Gasteiger charge is 2.00. The monoisotopic (exact) mass is 197 g/mol. The first-order valence-electron chi connectivity index (χ1n) is 3.97. The Kier molecular flexibility index (Phi) is 3.20. The minimum Gasteiger partial charge on any atom is -0.511 e. The summed E-state index contributed by atoms with van der Waals surface area (Å²) >= 11 is 5.90. The van der Waals surface area contributed by atoms with Crippen LogP contribution in [0.4, 0.5) is 5.69 Å². The van der Waals surface area contributed by atoms with Crippen LogP contribution >= 0.6 is 11.6 Å². The molecule has 13 heavy (non-hydrogen) atoms. The zero-order valence-corrected chi connectivity index (χ0v) is 8.23. The molecule has 0 fully saturated rings. The first-order chi connectivity index (χ1) is 6.11. The normalized spacial score (nSPS) is 9.69. The van der Waals surface area contributed by atoms with Gasteiger partial charge in [-0.15, -0.1) is 0 Å². The number of nitrogens with one attached hydrogen (secondary N) is 1. The van der Waals surface area contributed by atoms with Crippen LogP contribution in [-0.2, 0) is 0 Å². The molecular weight excluding hydrogens is 186 g/mol. The van der Waals surface area contributed by atoms with Crippen LogP contribution in [0.25, 0.3) is 0 Å². The fourth-order valence-corrected chi connectivity index (χ4v) is 1.17. The minimum atomic E-state index is 0.111. The molecule has 1 rings (SSSR count). The van der Waals surface area contributed by atoms with Gasteiger partial charge in [-0.05, 0) is 24.6 Å². The fraction of sp³-hybridized carbons (Fsp3) is 0.200. The first-order valence-corrected chi connectivity index (χ1v) is 4.35. The Balaban J connectivity index is 2.77. The Labute approximate surface area is 82.8 Å². The van der Waals surface area contributed by atoms with E-state index in [1.54, 1.807) is 0 Å². The molecule has 0 unspecified atom stereocenters. The molecule has 0 aliphatic heterocycles. The van der Waals surface area contributed by atoms with Gasteiger partial charge >= 0.3 is 0 Å². The third kappa shape index (κ3) is 2.67. The molecule has 3 heteroatoms. The van der Waals surface area contributed by atoms with Crippen molar-refractivity contribution in [2.24, 2.45) is 0 Å². The van der Waals surface area contributed by atoms with Crippen LogP contribution < -0.4 is 5.32 Å². The van der Waals surface area contributed by atoms with Crippen molar-refractivity contribution >= 4 is 17.3 Å². The second-order valence-corrected chi connectivity index (χ2v) is 3.24. The number of hydrogen-bond acceptors (Lipinski definition) is 2. The van der Waals surface area contributed by atoms with Crippen molar-refractivity contribution < 1.29 is 5.11 Å². The second kappa shape index (κ2) is 4.19. The number of aliphatic hydroxyl groups is 1. The molecule has 0 spiro atoms. The molecule has 0 aliphatic rings. The number of aliphatic hydroxyl groups excluding tert-OH is 1. The van der Waals surface area contributed by atoms with Crippen LogP contribution in [0.1, 0.15) is 5.56 Å². The lowest BCUT2D eigenvalue weighted by Gasteiger charge is -2.09. The lowest BCUT2D eigenvalue weighted by Crippen LogP contribution is -2.04. The second-order valence-electron chi connectivity index (χ2n) is 2.83. The Bertz CT molecular complexity index is 323. The summed E-state index contributed by atoms with van der Waals surface area (Å²) in [6.07, 6.45) is 0. The van der Waals surface area contributed by atoms with Crippen molar-refractivity contribution in [2.45, 2.75) is 6.92 Å². The summed E-state index contributed by atoms with van der Waals surface area (Å²) in [7, 11) is 0. The van der Waals surface area contributed by atoms with Gasteiger partial charge in [0.1, 0.15) is 5.76 Å². The van der Waals surface area contributed by atoms with E-state index in [2.05, 4.69) is 11.9 Å². The summed E-state index contributed by atoms with van der Waals surface area (Å²) in [5.41, 5.74) is 1.90. The molecule has 1 aromatic rings. The van der Waals surface area contributed by atoms with E-state index in [1.165, 1.54) is 0 Å². The minimum absolute atomic E-state index is 0.111. The highest BCUT2D eigenvalue weighted by molar-refractivity contribution is 6.31. The summed E-state index contributed by atoms with van der Waals surface area (Å²) in [6, 6.07) is 5.60. The summed E-state index contributed by atoms with van der Waals surface area (Å²) < 4.78 is 0. The van der Waals surface area contributed by atoms with Crippen molar-refractivity contribution in [1.82, 2.24) is 0 Å². The molecule has 0 aliphatic carbocycles. The molecule has 0 amide bonds. The maximum absolute atomic E-state index is 8.88. The smallest absolute Gasteiger partial charge is 0.104 e. The predicted molar refractivity (Wildman–Crippen MR) is 56.4 cm³/mol. The van der Waals surface area contributed by atoms with Crippen LogP contribution in [0.3, 0.4) is 0 Å². The highest BCUT2D eigenvalue weighted by atomic mass is 35.5. The Morgan fingerprint density at radius 1 is 1.62 bits per heavy atom. The van der Waals surface area contributed by atoms with E-state index in [9.17, 15) is 0 Å². The van der Waals surface area contributed by atoms with Gasteiger partial charge in [0.05, 0.1) is 6.54 Å². The van der Waals surface area contributed by atoms with Crippen molar-refractivity contribution in [1.29, 1.82) is 0 Å². The standard InChI is InChI=1S/C10H12ClNO/c1-7(13)6-12-10-5-3-4-9(11)8(10)2/h3-5,12-13H,1,6H2,2H3. The topological polar surface area (TPSA) is 32.3 Å². The van der Waals surface area contributed by atoms with Crippen LogP contribution in [-0.4, -0.2) is 11.7 Å². The zero-order chi connectivity index (χ0) is 9.84. The van der Waals surface area contributed by atoms with Gasteiger partial charge in [-0.3, -0.25) is 0 Å². The van der Waals surface area contributed by atoms with Crippen molar-refractivity contribution in [3.8, 4) is 0 Å². The van der Waals surface area contributed by atoms with E-state index in [0.29, 0.717) is 11.6 Å². The number of hydrogen-bond donors (Lipinski definition) is 2. The number of rotatable bonds is 3. The molecular formula is C10H12ClNO. The van der Waals surface area contributed by atoms with Gasteiger partial charge in [-0.25, -0.2) is 0 Å².